The summed E-state index contributed by atoms with van der Waals surface area (Å²) in [6.45, 7) is 0.274. The second-order valence-electron chi connectivity index (χ2n) is 5.59. The van der Waals surface area contributed by atoms with Gasteiger partial charge < -0.3 is 16.8 Å². The average Bonchev–Trinajstić information content (AvgIpc) is 2.55. The molecule has 1 unspecified atom stereocenters. The number of hydrogen-bond donors (Lipinski definition) is 5. The van der Waals surface area contributed by atoms with Crippen LogP contribution in [0.1, 0.15) is 11.5 Å². The third kappa shape index (κ3) is 4.93. The summed E-state index contributed by atoms with van der Waals surface area (Å²) in [4.78, 5) is -0.639. The molecule has 142 valence electrons. The summed E-state index contributed by atoms with van der Waals surface area (Å²) in [7, 11) is -8.84. The van der Waals surface area contributed by atoms with Gasteiger partial charge >= 0.3 is 0 Å². The molecule has 7 N–H and O–H groups in total. The maximum Gasteiger partial charge on any atom is 0.296 e. The highest BCUT2D eigenvalue weighted by Gasteiger charge is 2.18. The Bertz CT molecular complexity index is 1010. The molecule has 0 saturated heterocycles. The van der Waals surface area contributed by atoms with Crippen molar-refractivity contribution in [1.82, 2.24) is 0 Å². The molecule has 0 aliphatic rings. The topological polar surface area (TPSA) is 173 Å². The van der Waals surface area contributed by atoms with E-state index in [4.69, 9.17) is 16.0 Å². The molecular formula is C15H19N3O6S2. The Balaban J connectivity index is 2.29. The molecule has 0 spiro atoms. The van der Waals surface area contributed by atoms with E-state index in [9.17, 15) is 21.4 Å². The van der Waals surface area contributed by atoms with Crippen LogP contribution in [0.2, 0.25) is 0 Å². The van der Waals surface area contributed by atoms with E-state index in [1.165, 1.54) is 30.3 Å². The summed E-state index contributed by atoms with van der Waals surface area (Å²) >= 11 is 0. The average molecular weight is 401 g/mol. The van der Waals surface area contributed by atoms with Crippen molar-refractivity contribution in [3.05, 3.63) is 48.0 Å². The van der Waals surface area contributed by atoms with E-state index in [1.807, 2.05) is 0 Å². The Morgan fingerprint density at radius 2 is 1.69 bits per heavy atom. The highest BCUT2D eigenvalue weighted by Crippen LogP contribution is 2.25. The van der Waals surface area contributed by atoms with Gasteiger partial charge in [-0.05, 0) is 35.9 Å². The monoisotopic (exact) mass is 401 g/mol. The molecule has 9 nitrogen and oxygen atoms in total. The number of nitrogen functional groups attached to an aromatic ring is 1. The van der Waals surface area contributed by atoms with Crippen LogP contribution in [-0.4, -0.2) is 39.0 Å². The minimum absolute atomic E-state index is 0.123. The lowest BCUT2D eigenvalue weighted by molar-refractivity contribution is 0.480. The van der Waals surface area contributed by atoms with Crippen molar-refractivity contribution in [3.8, 4) is 0 Å². The minimum atomic E-state index is -4.49. The Morgan fingerprint density at radius 1 is 1.00 bits per heavy atom. The van der Waals surface area contributed by atoms with Gasteiger partial charge in [0.05, 0.1) is 10.6 Å². The minimum Gasteiger partial charge on any atom is -0.399 e. The van der Waals surface area contributed by atoms with Crippen molar-refractivity contribution in [2.24, 2.45) is 5.73 Å². The first-order valence-corrected chi connectivity index (χ1v) is 10.3. The summed E-state index contributed by atoms with van der Waals surface area (Å²) in [5.41, 5.74) is 12.1. The summed E-state index contributed by atoms with van der Waals surface area (Å²) in [5.74, 6) is -0.386. The summed E-state index contributed by atoms with van der Waals surface area (Å²) in [5, 5.41) is 2.87. The van der Waals surface area contributed by atoms with Crippen LogP contribution in [0.4, 0.5) is 11.4 Å². The molecule has 26 heavy (non-hydrogen) atoms. The zero-order chi connectivity index (χ0) is 19.5. The highest BCUT2D eigenvalue weighted by atomic mass is 32.2. The fourth-order valence-electron chi connectivity index (χ4n) is 2.40. The second kappa shape index (κ2) is 7.60. The van der Waals surface area contributed by atoms with Gasteiger partial charge in [-0.15, -0.1) is 0 Å². The van der Waals surface area contributed by atoms with Gasteiger partial charge in [-0.2, -0.15) is 16.8 Å². The largest absolute Gasteiger partial charge is 0.399 e. The predicted molar refractivity (Wildman–Crippen MR) is 97.2 cm³/mol. The summed E-state index contributed by atoms with van der Waals surface area (Å²) in [6.07, 6.45) is 0. The lowest BCUT2D eigenvalue weighted by Crippen LogP contribution is -2.22. The number of nitrogens with one attached hydrogen (secondary N) is 1. The zero-order valence-corrected chi connectivity index (χ0v) is 15.2. The number of anilines is 2. The molecule has 0 heterocycles. The fourth-order valence-corrected chi connectivity index (χ4v) is 3.64. The molecule has 2 aromatic rings. The lowest BCUT2D eigenvalue weighted by atomic mass is 9.99. The van der Waals surface area contributed by atoms with Crippen LogP contribution >= 0.6 is 0 Å². The van der Waals surface area contributed by atoms with E-state index >= 15 is 0 Å². The first-order chi connectivity index (χ1) is 12.0. The van der Waals surface area contributed by atoms with E-state index in [0.717, 1.165) is 6.07 Å². The Labute approximate surface area is 151 Å². The standard InChI is InChI=1S/C15H19N3O6S2/c16-8-11(10-2-1-3-13(6-10)25(19,20)21)9-18-14-5-4-12(17)7-15(14)26(22,23)24/h1-7,11,18H,8-9,16-17H2,(H,19,20,21)(H,22,23,24). The van der Waals surface area contributed by atoms with E-state index in [1.54, 1.807) is 6.07 Å². The Morgan fingerprint density at radius 3 is 2.27 bits per heavy atom. The number of hydrogen-bond acceptors (Lipinski definition) is 7. The van der Waals surface area contributed by atoms with Gasteiger partial charge in [-0.1, -0.05) is 12.1 Å². The Kier molecular flexibility index (Phi) is 5.88. The zero-order valence-electron chi connectivity index (χ0n) is 13.5. The van der Waals surface area contributed by atoms with Gasteiger partial charge in [-0.25, -0.2) is 0 Å². The van der Waals surface area contributed by atoms with Crippen LogP contribution in [0.3, 0.4) is 0 Å². The van der Waals surface area contributed by atoms with Gasteiger partial charge in [0, 0.05) is 24.7 Å². The molecular weight excluding hydrogens is 382 g/mol. The maximum absolute atomic E-state index is 11.5. The van der Waals surface area contributed by atoms with Crippen LogP contribution in [-0.2, 0) is 20.2 Å². The molecule has 0 radical (unpaired) electrons. The molecule has 2 aromatic carbocycles. The van der Waals surface area contributed by atoms with Crippen LogP contribution < -0.4 is 16.8 Å². The van der Waals surface area contributed by atoms with Crippen molar-refractivity contribution in [1.29, 1.82) is 0 Å². The van der Waals surface area contributed by atoms with Gasteiger partial charge in [0.15, 0.2) is 0 Å². The third-order valence-corrected chi connectivity index (χ3v) is 5.48. The predicted octanol–water partition coefficient (Wildman–Crippen LogP) is 0.917. The molecule has 0 bridgehead atoms. The molecule has 0 aromatic heterocycles. The van der Waals surface area contributed by atoms with Gasteiger partial charge in [0.2, 0.25) is 0 Å². The van der Waals surface area contributed by atoms with Gasteiger partial charge in [0.25, 0.3) is 20.2 Å². The fraction of sp³-hybridized carbons (Fsp3) is 0.200. The van der Waals surface area contributed by atoms with Gasteiger partial charge in [-0.3, -0.25) is 9.11 Å². The number of benzene rings is 2. The number of rotatable bonds is 7. The molecule has 0 aliphatic carbocycles. The van der Waals surface area contributed by atoms with Crippen LogP contribution in [0.25, 0.3) is 0 Å². The molecule has 11 heteroatoms. The van der Waals surface area contributed by atoms with Crippen molar-refractivity contribution in [3.63, 3.8) is 0 Å². The number of nitrogens with two attached hydrogens (primary N) is 2. The van der Waals surface area contributed by atoms with E-state index in [-0.39, 0.29) is 40.2 Å². The highest BCUT2D eigenvalue weighted by molar-refractivity contribution is 7.86. The molecule has 2 rings (SSSR count). The molecule has 0 saturated carbocycles. The molecule has 0 aliphatic heterocycles. The van der Waals surface area contributed by atoms with E-state index in [2.05, 4.69) is 5.32 Å². The van der Waals surface area contributed by atoms with E-state index in [0.29, 0.717) is 5.56 Å². The van der Waals surface area contributed by atoms with E-state index < -0.39 is 20.2 Å². The van der Waals surface area contributed by atoms with Crippen LogP contribution in [0.5, 0.6) is 0 Å². The van der Waals surface area contributed by atoms with Gasteiger partial charge in [0.1, 0.15) is 4.90 Å². The first-order valence-electron chi connectivity index (χ1n) is 7.41. The lowest BCUT2D eigenvalue weighted by Gasteiger charge is -2.18. The van der Waals surface area contributed by atoms with Crippen LogP contribution in [0.15, 0.2) is 52.3 Å². The summed E-state index contributed by atoms with van der Waals surface area (Å²) < 4.78 is 64.0. The quantitative estimate of drug-likeness (QED) is 0.334. The normalized spacial score (nSPS) is 13.3. The Hall–Kier alpha value is -2.18. The van der Waals surface area contributed by atoms with Crippen molar-refractivity contribution in [2.45, 2.75) is 15.7 Å². The van der Waals surface area contributed by atoms with Crippen molar-refractivity contribution >= 4 is 31.6 Å². The molecule has 0 amide bonds. The third-order valence-electron chi connectivity index (χ3n) is 3.73. The SMILES string of the molecule is NCC(CNc1ccc(N)cc1S(=O)(=O)O)c1cccc(S(=O)(=O)O)c1. The molecule has 1 atom stereocenters. The summed E-state index contributed by atoms with van der Waals surface area (Å²) in [6, 6.07) is 9.63. The molecule has 0 fully saturated rings. The van der Waals surface area contributed by atoms with Crippen molar-refractivity contribution < 1.29 is 25.9 Å². The maximum atomic E-state index is 11.5. The van der Waals surface area contributed by atoms with Crippen LogP contribution in [0, 0.1) is 0 Å². The first kappa shape index (κ1) is 20.1. The van der Waals surface area contributed by atoms with Crippen molar-refractivity contribution in [2.75, 3.05) is 24.1 Å². The second-order valence-corrected chi connectivity index (χ2v) is 8.40. The smallest absolute Gasteiger partial charge is 0.296 e.